The van der Waals surface area contributed by atoms with Crippen LogP contribution in [0.2, 0.25) is 0 Å². The molecule has 0 saturated carbocycles. The highest BCUT2D eigenvalue weighted by Gasteiger charge is 2.09. The van der Waals surface area contributed by atoms with Gasteiger partial charge in [-0.3, -0.25) is 0 Å². The molecule has 0 amide bonds. The van der Waals surface area contributed by atoms with Crippen molar-refractivity contribution in [3.8, 4) is 0 Å². The van der Waals surface area contributed by atoms with Gasteiger partial charge >= 0.3 is 0 Å². The van der Waals surface area contributed by atoms with Crippen molar-refractivity contribution in [2.45, 2.75) is 10.8 Å². The molecule has 0 aliphatic heterocycles. The van der Waals surface area contributed by atoms with Crippen molar-refractivity contribution in [3.05, 3.63) is 40.1 Å². The number of halogens is 1. The van der Waals surface area contributed by atoms with Gasteiger partial charge in [0.15, 0.2) is 0 Å². The number of aromatic nitrogens is 3. The smallest absolute Gasteiger partial charge is 0.142 e. The summed E-state index contributed by atoms with van der Waals surface area (Å²) in [5.74, 6) is 2.39. The van der Waals surface area contributed by atoms with Crippen LogP contribution in [0.3, 0.4) is 0 Å². The zero-order chi connectivity index (χ0) is 13.9. The molecule has 7 heteroatoms. The summed E-state index contributed by atoms with van der Waals surface area (Å²) in [6, 6.07) is 5.93. The van der Waals surface area contributed by atoms with Gasteiger partial charge in [0.1, 0.15) is 21.5 Å². The Morgan fingerprint density at radius 1 is 1.35 bits per heavy atom. The minimum Gasteiger partial charge on any atom is -0.372 e. The van der Waals surface area contributed by atoms with E-state index in [1.165, 1.54) is 0 Å². The number of thiophene rings is 1. The first-order valence-electron chi connectivity index (χ1n) is 5.93. The van der Waals surface area contributed by atoms with Crippen LogP contribution in [0.5, 0.6) is 0 Å². The van der Waals surface area contributed by atoms with E-state index in [-0.39, 0.29) is 0 Å². The molecule has 102 valence electrons. The van der Waals surface area contributed by atoms with E-state index in [4.69, 9.17) is 0 Å². The summed E-state index contributed by atoms with van der Waals surface area (Å²) in [4.78, 5) is 14.5. The van der Waals surface area contributed by atoms with Crippen molar-refractivity contribution in [1.29, 1.82) is 0 Å². The van der Waals surface area contributed by atoms with Crippen LogP contribution in [0.25, 0.3) is 10.2 Å². The Hall–Kier alpha value is -1.18. The SMILES string of the molecule is CNc1nc(CSc2ncccc2Br)nc2sccc12. The van der Waals surface area contributed by atoms with Crippen LogP contribution in [0, 0.1) is 0 Å². The summed E-state index contributed by atoms with van der Waals surface area (Å²) in [7, 11) is 1.88. The molecule has 1 N–H and O–H groups in total. The number of nitrogens with zero attached hydrogens (tertiary/aromatic N) is 3. The highest BCUT2D eigenvalue weighted by molar-refractivity contribution is 9.10. The number of rotatable bonds is 4. The van der Waals surface area contributed by atoms with E-state index in [0.29, 0.717) is 5.75 Å². The summed E-state index contributed by atoms with van der Waals surface area (Å²) in [5, 5.41) is 7.19. The molecule has 0 atom stereocenters. The Bertz CT molecular complexity index is 744. The standard InChI is InChI=1S/C13H11BrN4S2/c1-15-11-8-4-6-19-12(8)18-10(17-11)7-20-13-9(14)3-2-5-16-13/h2-6H,7H2,1H3,(H,15,17,18). The topological polar surface area (TPSA) is 50.7 Å². The average Bonchev–Trinajstić information content (AvgIpc) is 2.94. The van der Waals surface area contributed by atoms with E-state index in [9.17, 15) is 0 Å². The molecule has 3 aromatic rings. The van der Waals surface area contributed by atoms with E-state index < -0.39 is 0 Å². The van der Waals surface area contributed by atoms with Crippen molar-refractivity contribution in [2.24, 2.45) is 0 Å². The van der Waals surface area contributed by atoms with Crippen molar-refractivity contribution >= 4 is 55.1 Å². The Morgan fingerprint density at radius 3 is 3.05 bits per heavy atom. The number of pyridine rings is 1. The van der Waals surface area contributed by atoms with Crippen LogP contribution in [0.1, 0.15) is 5.82 Å². The van der Waals surface area contributed by atoms with Crippen LogP contribution in [0.15, 0.2) is 39.3 Å². The van der Waals surface area contributed by atoms with Gasteiger partial charge in [0.2, 0.25) is 0 Å². The quantitative estimate of drug-likeness (QED) is 0.701. The van der Waals surface area contributed by atoms with E-state index >= 15 is 0 Å². The summed E-state index contributed by atoms with van der Waals surface area (Å²) in [5.41, 5.74) is 0. The van der Waals surface area contributed by atoms with Crippen molar-refractivity contribution < 1.29 is 0 Å². The lowest BCUT2D eigenvalue weighted by Crippen LogP contribution is -1.99. The molecule has 0 aliphatic rings. The largest absolute Gasteiger partial charge is 0.372 e. The third-order valence-electron chi connectivity index (χ3n) is 2.67. The van der Waals surface area contributed by atoms with Crippen LogP contribution < -0.4 is 5.32 Å². The number of nitrogens with one attached hydrogen (secondary N) is 1. The van der Waals surface area contributed by atoms with Crippen molar-refractivity contribution in [1.82, 2.24) is 15.0 Å². The first kappa shape index (κ1) is 13.8. The molecule has 0 aliphatic carbocycles. The number of thioether (sulfide) groups is 1. The number of anilines is 1. The van der Waals surface area contributed by atoms with Crippen LogP contribution in [0.4, 0.5) is 5.82 Å². The molecule has 0 fully saturated rings. The van der Waals surface area contributed by atoms with Gasteiger partial charge in [-0.1, -0.05) is 11.8 Å². The van der Waals surface area contributed by atoms with Crippen molar-refractivity contribution in [2.75, 3.05) is 12.4 Å². The summed E-state index contributed by atoms with van der Waals surface area (Å²) >= 11 is 6.75. The van der Waals surface area contributed by atoms with Gasteiger partial charge in [-0.25, -0.2) is 15.0 Å². The zero-order valence-corrected chi connectivity index (χ0v) is 13.8. The van der Waals surface area contributed by atoms with Gasteiger partial charge in [0.05, 0.1) is 11.1 Å². The molecule has 20 heavy (non-hydrogen) atoms. The lowest BCUT2D eigenvalue weighted by molar-refractivity contribution is 1.06. The van der Waals surface area contributed by atoms with Gasteiger partial charge in [0.25, 0.3) is 0 Å². The van der Waals surface area contributed by atoms with Gasteiger partial charge in [-0.2, -0.15) is 0 Å². The van der Waals surface area contributed by atoms with Crippen LogP contribution >= 0.6 is 39.0 Å². The maximum absolute atomic E-state index is 4.59. The molecule has 3 aromatic heterocycles. The first-order chi connectivity index (χ1) is 9.78. The van der Waals surface area contributed by atoms with Crippen LogP contribution in [-0.4, -0.2) is 22.0 Å². The van der Waals surface area contributed by atoms with E-state index in [2.05, 4.69) is 36.2 Å². The second kappa shape index (κ2) is 6.07. The minimum atomic E-state index is 0.693. The fourth-order valence-corrected chi connectivity index (χ4v) is 3.88. The third kappa shape index (κ3) is 2.79. The maximum atomic E-state index is 4.59. The average molecular weight is 367 g/mol. The highest BCUT2D eigenvalue weighted by atomic mass is 79.9. The summed E-state index contributed by atoms with van der Waals surface area (Å²) in [6.45, 7) is 0. The molecule has 0 bridgehead atoms. The summed E-state index contributed by atoms with van der Waals surface area (Å²) < 4.78 is 0.996. The van der Waals surface area contributed by atoms with Gasteiger partial charge in [-0.05, 0) is 39.5 Å². The van der Waals surface area contributed by atoms with Gasteiger partial charge in [-0.15, -0.1) is 11.3 Å². The Labute approximate surface area is 133 Å². The second-order valence-electron chi connectivity index (χ2n) is 3.96. The molecule has 3 rings (SSSR count). The zero-order valence-electron chi connectivity index (χ0n) is 10.6. The number of hydrogen-bond donors (Lipinski definition) is 1. The number of fused-ring (bicyclic) bond motifs is 1. The summed E-state index contributed by atoms with van der Waals surface area (Å²) in [6.07, 6.45) is 1.79. The molecule has 0 radical (unpaired) electrons. The normalized spacial score (nSPS) is 10.9. The molecule has 0 aromatic carbocycles. The predicted molar refractivity (Wildman–Crippen MR) is 88.5 cm³/mol. The highest BCUT2D eigenvalue weighted by Crippen LogP contribution is 2.29. The monoisotopic (exact) mass is 366 g/mol. The fourth-order valence-electron chi connectivity index (χ4n) is 1.77. The molecular formula is C13H11BrN4S2. The van der Waals surface area contributed by atoms with Crippen LogP contribution in [-0.2, 0) is 5.75 Å². The maximum Gasteiger partial charge on any atom is 0.142 e. The Kier molecular flexibility index (Phi) is 4.18. The van der Waals surface area contributed by atoms with E-state index in [0.717, 1.165) is 31.4 Å². The molecule has 3 heterocycles. The number of hydrogen-bond acceptors (Lipinski definition) is 6. The van der Waals surface area contributed by atoms with E-state index in [1.807, 2.05) is 30.6 Å². The molecule has 0 saturated heterocycles. The predicted octanol–water partition coefficient (Wildman–Crippen LogP) is 4.18. The Morgan fingerprint density at radius 2 is 2.25 bits per heavy atom. The Balaban J connectivity index is 1.86. The first-order valence-corrected chi connectivity index (χ1v) is 8.59. The molecule has 4 nitrogen and oxygen atoms in total. The minimum absolute atomic E-state index is 0.693. The fraction of sp³-hybridized carbons (Fsp3) is 0.154. The second-order valence-corrected chi connectivity index (χ2v) is 6.67. The third-order valence-corrected chi connectivity index (χ3v) is 5.38. The van der Waals surface area contributed by atoms with Crippen molar-refractivity contribution in [3.63, 3.8) is 0 Å². The molecular weight excluding hydrogens is 356 g/mol. The molecule has 0 spiro atoms. The van der Waals surface area contributed by atoms with E-state index in [1.54, 1.807) is 29.3 Å². The molecule has 0 unspecified atom stereocenters. The van der Waals surface area contributed by atoms with Gasteiger partial charge in [0, 0.05) is 17.7 Å². The lowest BCUT2D eigenvalue weighted by Gasteiger charge is -2.05. The lowest BCUT2D eigenvalue weighted by atomic mass is 10.4. The van der Waals surface area contributed by atoms with Gasteiger partial charge < -0.3 is 5.32 Å².